The van der Waals surface area contributed by atoms with E-state index in [1.54, 1.807) is 0 Å². The van der Waals surface area contributed by atoms with Crippen molar-refractivity contribution in [2.45, 2.75) is 37.4 Å². The van der Waals surface area contributed by atoms with Crippen molar-refractivity contribution < 1.29 is 10.2 Å². The van der Waals surface area contributed by atoms with Crippen molar-refractivity contribution in [3.05, 3.63) is 142 Å². The van der Waals surface area contributed by atoms with Crippen molar-refractivity contribution in [2.75, 3.05) is 0 Å². The summed E-state index contributed by atoms with van der Waals surface area (Å²) in [6.07, 6.45) is 0. The molecule has 2 heteroatoms. The second-order valence-electron chi connectivity index (χ2n) is 10.2. The van der Waals surface area contributed by atoms with Gasteiger partial charge in [0.25, 0.3) is 0 Å². The minimum absolute atomic E-state index is 0.159. The molecule has 0 spiro atoms. The Morgan fingerprint density at radius 3 is 1.42 bits per heavy atom. The third-order valence-corrected chi connectivity index (χ3v) is 6.69. The van der Waals surface area contributed by atoms with Crippen molar-refractivity contribution in [2.24, 2.45) is 0 Å². The van der Waals surface area contributed by atoms with Crippen LogP contribution in [0.15, 0.2) is 103 Å². The van der Waals surface area contributed by atoms with E-state index in [1.165, 1.54) is 0 Å². The maximum atomic E-state index is 12.3. The number of hydrogen-bond donors (Lipinski definition) is 2. The predicted octanol–water partition coefficient (Wildman–Crippen LogP) is 5.87. The van der Waals surface area contributed by atoms with Gasteiger partial charge in [-0.05, 0) is 35.2 Å². The molecule has 2 N–H and O–H groups in total. The first kappa shape index (κ1) is 23.7. The molecule has 1 aliphatic rings. The van der Waals surface area contributed by atoms with Gasteiger partial charge in [-0.2, -0.15) is 0 Å². The Morgan fingerprint density at radius 2 is 0.944 bits per heavy atom. The van der Waals surface area contributed by atoms with Crippen molar-refractivity contribution in [3.63, 3.8) is 0 Å². The highest BCUT2D eigenvalue weighted by molar-refractivity contribution is 5.65. The molecule has 4 aromatic carbocycles. The fourth-order valence-electron chi connectivity index (χ4n) is 4.67. The molecule has 5 rings (SSSR count). The highest BCUT2D eigenvalue weighted by Gasteiger charge is 2.48. The zero-order valence-corrected chi connectivity index (χ0v) is 20.7. The Kier molecular flexibility index (Phi) is 5.82. The van der Waals surface area contributed by atoms with E-state index in [0.717, 1.165) is 16.7 Å². The number of fused-ring (bicyclic) bond motifs is 2. The normalized spacial score (nSPS) is 20.1. The van der Waals surface area contributed by atoms with Crippen molar-refractivity contribution in [1.82, 2.24) is 0 Å². The van der Waals surface area contributed by atoms with Gasteiger partial charge in [-0.25, -0.2) is 0 Å². The Morgan fingerprint density at radius 1 is 0.528 bits per heavy atom. The summed E-state index contributed by atoms with van der Waals surface area (Å²) >= 11 is 0. The van der Waals surface area contributed by atoms with Gasteiger partial charge in [0.15, 0.2) is 11.2 Å². The average Bonchev–Trinajstić information content (AvgIpc) is 2.90. The first-order valence-corrected chi connectivity index (χ1v) is 12.1. The summed E-state index contributed by atoms with van der Waals surface area (Å²) in [5, 5.41) is 24.5. The molecule has 176 valence electrons. The maximum Gasteiger partial charge on any atom is 0.178 e. The van der Waals surface area contributed by atoms with E-state index in [4.69, 9.17) is 0 Å². The second kappa shape index (κ2) is 8.85. The SMILES string of the molecule is CC(C)(C)c1ccc2c(c1)[C@@](O)(C#Cc1ccccc1)c1ccccc1[C@@]2(O)C#Cc1ccccc1. The van der Waals surface area contributed by atoms with Gasteiger partial charge in [0, 0.05) is 33.4 Å². The molecule has 2 atom stereocenters. The molecule has 0 aromatic heterocycles. The van der Waals surface area contributed by atoms with Crippen LogP contribution in [0.25, 0.3) is 0 Å². The summed E-state index contributed by atoms with van der Waals surface area (Å²) in [7, 11) is 0. The third kappa shape index (κ3) is 4.12. The van der Waals surface area contributed by atoms with Gasteiger partial charge >= 0.3 is 0 Å². The van der Waals surface area contributed by atoms with E-state index in [9.17, 15) is 10.2 Å². The minimum Gasteiger partial charge on any atom is -0.369 e. The van der Waals surface area contributed by atoms with Gasteiger partial charge in [-0.1, -0.05) is 123 Å². The highest BCUT2D eigenvalue weighted by atomic mass is 16.3. The van der Waals surface area contributed by atoms with Crippen molar-refractivity contribution >= 4 is 0 Å². The summed E-state index contributed by atoms with van der Waals surface area (Å²) in [6.45, 7) is 6.38. The lowest BCUT2D eigenvalue weighted by Crippen LogP contribution is -2.42. The van der Waals surface area contributed by atoms with Crippen LogP contribution < -0.4 is 0 Å². The van der Waals surface area contributed by atoms with Crippen molar-refractivity contribution in [3.8, 4) is 23.7 Å². The molecule has 2 nitrogen and oxygen atoms in total. The molecule has 0 unspecified atom stereocenters. The van der Waals surface area contributed by atoms with Crippen molar-refractivity contribution in [1.29, 1.82) is 0 Å². The maximum absolute atomic E-state index is 12.3. The highest BCUT2D eigenvalue weighted by Crippen LogP contribution is 2.48. The molecule has 0 heterocycles. The van der Waals surface area contributed by atoms with Gasteiger partial charge in [0.2, 0.25) is 0 Å². The zero-order chi connectivity index (χ0) is 25.4. The molecule has 4 aromatic rings. The van der Waals surface area contributed by atoms with E-state index >= 15 is 0 Å². The lowest BCUT2D eigenvalue weighted by atomic mass is 9.66. The number of rotatable bonds is 0. The largest absolute Gasteiger partial charge is 0.369 e. The van der Waals surface area contributed by atoms with Crippen LogP contribution in [0.3, 0.4) is 0 Å². The van der Waals surface area contributed by atoms with Gasteiger partial charge in [-0.3, -0.25) is 0 Å². The van der Waals surface area contributed by atoms with E-state index < -0.39 is 11.2 Å². The first-order chi connectivity index (χ1) is 17.2. The molecule has 0 aliphatic heterocycles. The summed E-state index contributed by atoms with van der Waals surface area (Å²) in [4.78, 5) is 0. The molecule has 0 fully saturated rings. The summed E-state index contributed by atoms with van der Waals surface area (Å²) in [5.41, 5.74) is 1.44. The van der Waals surface area contributed by atoms with Crippen LogP contribution in [0.4, 0.5) is 0 Å². The van der Waals surface area contributed by atoms with Crippen LogP contribution in [-0.2, 0) is 16.6 Å². The van der Waals surface area contributed by atoms with Crippen LogP contribution in [-0.4, -0.2) is 10.2 Å². The first-order valence-electron chi connectivity index (χ1n) is 12.1. The molecule has 36 heavy (non-hydrogen) atoms. The smallest absolute Gasteiger partial charge is 0.178 e. The van der Waals surface area contributed by atoms with E-state index in [0.29, 0.717) is 22.3 Å². The fourth-order valence-corrected chi connectivity index (χ4v) is 4.67. The topological polar surface area (TPSA) is 40.5 Å². The predicted molar refractivity (Wildman–Crippen MR) is 144 cm³/mol. The molecule has 0 saturated carbocycles. The standard InChI is InChI=1S/C34H28O2/c1-32(2,3)27-18-19-30-31(24-27)34(36,23-21-26-14-8-5-9-15-26)29-17-11-10-16-28(29)33(30,35)22-20-25-12-6-4-7-13-25/h4-19,24,35-36H,1-3H3/t33-,34+/m0/s1. The summed E-state index contributed by atoms with van der Waals surface area (Å²) in [5.74, 6) is 12.6. The molecule has 0 radical (unpaired) electrons. The quantitative estimate of drug-likeness (QED) is 0.317. The van der Waals surface area contributed by atoms with Gasteiger partial charge in [-0.15, -0.1) is 0 Å². The molecular weight excluding hydrogens is 440 g/mol. The van der Waals surface area contributed by atoms with Crippen LogP contribution >= 0.6 is 0 Å². The molecular formula is C34H28O2. The Hall–Kier alpha value is -4.08. The monoisotopic (exact) mass is 468 g/mol. The average molecular weight is 469 g/mol. The van der Waals surface area contributed by atoms with Crippen LogP contribution in [0, 0.1) is 23.7 Å². The number of hydrogen-bond acceptors (Lipinski definition) is 2. The molecule has 0 bridgehead atoms. The van der Waals surface area contributed by atoms with Crippen LogP contribution in [0.2, 0.25) is 0 Å². The molecule has 0 amide bonds. The van der Waals surface area contributed by atoms with Gasteiger partial charge < -0.3 is 10.2 Å². The number of benzene rings is 4. The summed E-state index contributed by atoms with van der Waals surface area (Å²) < 4.78 is 0. The lowest BCUT2D eigenvalue weighted by Gasteiger charge is -2.40. The molecule has 1 aliphatic carbocycles. The van der Waals surface area contributed by atoms with Gasteiger partial charge in [0.05, 0.1) is 0 Å². The van der Waals surface area contributed by atoms with E-state index in [1.807, 2.05) is 103 Å². The Bertz CT molecular complexity index is 1540. The Balaban J connectivity index is 1.80. The number of aliphatic hydroxyl groups is 2. The third-order valence-electron chi connectivity index (χ3n) is 6.69. The lowest BCUT2D eigenvalue weighted by molar-refractivity contribution is 0.0942. The molecule has 0 saturated heterocycles. The Labute approximate surface area is 213 Å². The van der Waals surface area contributed by atoms with E-state index in [-0.39, 0.29) is 5.41 Å². The van der Waals surface area contributed by atoms with Gasteiger partial charge in [0.1, 0.15) is 0 Å². The van der Waals surface area contributed by atoms with Crippen LogP contribution in [0.1, 0.15) is 59.7 Å². The summed E-state index contributed by atoms with van der Waals surface area (Å²) in [6, 6.07) is 32.5. The fraction of sp³-hybridized carbons (Fsp3) is 0.176. The van der Waals surface area contributed by atoms with E-state index in [2.05, 4.69) is 44.5 Å². The zero-order valence-electron chi connectivity index (χ0n) is 20.7. The second-order valence-corrected chi connectivity index (χ2v) is 10.2. The minimum atomic E-state index is -1.62. The van der Waals surface area contributed by atoms with Crippen LogP contribution in [0.5, 0.6) is 0 Å².